The zero-order chi connectivity index (χ0) is 19.3. The molecule has 0 spiro atoms. The van der Waals surface area contributed by atoms with Gasteiger partial charge in [-0.05, 0) is 35.7 Å². The fourth-order valence-corrected chi connectivity index (χ4v) is 2.58. The molecule has 0 unspecified atom stereocenters. The molecule has 28 heavy (non-hydrogen) atoms. The lowest BCUT2D eigenvalue weighted by Crippen LogP contribution is -2.37. The van der Waals surface area contributed by atoms with Crippen molar-refractivity contribution in [2.45, 2.75) is 13.0 Å². The van der Waals surface area contributed by atoms with Gasteiger partial charge in [-0.15, -0.1) is 24.0 Å². The van der Waals surface area contributed by atoms with E-state index >= 15 is 0 Å². The molecule has 0 atom stereocenters. The van der Waals surface area contributed by atoms with Crippen LogP contribution >= 0.6 is 24.0 Å². The van der Waals surface area contributed by atoms with Crippen LogP contribution in [0.15, 0.2) is 53.5 Å². The standard InChI is InChI=1S/C21H29N3O3.HI/c1-22-21(23-13-12-18-6-4-5-7-20(18)26-3)24-16-17-8-10-19(11-9-17)27-15-14-25-2;/h4-11H,12-16H2,1-3H3,(H2,22,23,24);1H. The lowest BCUT2D eigenvalue weighted by molar-refractivity contribution is 0.146. The highest BCUT2D eigenvalue weighted by atomic mass is 127. The van der Waals surface area contributed by atoms with Gasteiger partial charge in [0.2, 0.25) is 0 Å². The Morgan fingerprint density at radius 1 is 0.964 bits per heavy atom. The van der Waals surface area contributed by atoms with Gasteiger partial charge in [-0.1, -0.05) is 30.3 Å². The number of para-hydroxylation sites is 1. The third kappa shape index (κ3) is 8.35. The van der Waals surface area contributed by atoms with E-state index in [0.717, 1.165) is 36.0 Å². The first-order valence-electron chi connectivity index (χ1n) is 9.04. The van der Waals surface area contributed by atoms with Crippen molar-refractivity contribution in [3.8, 4) is 11.5 Å². The van der Waals surface area contributed by atoms with Crippen molar-refractivity contribution in [1.82, 2.24) is 10.6 Å². The molecular formula is C21H30IN3O3. The molecule has 6 nitrogen and oxygen atoms in total. The summed E-state index contributed by atoms with van der Waals surface area (Å²) in [5.41, 5.74) is 2.33. The average molecular weight is 499 g/mol. The number of ether oxygens (including phenoxy) is 3. The van der Waals surface area contributed by atoms with E-state index in [1.165, 1.54) is 5.56 Å². The summed E-state index contributed by atoms with van der Waals surface area (Å²) in [5.74, 6) is 2.52. The minimum Gasteiger partial charge on any atom is -0.496 e. The van der Waals surface area contributed by atoms with Gasteiger partial charge >= 0.3 is 0 Å². The Balaban J connectivity index is 0.00000392. The van der Waals surface area contributed by atoms with Crippen LogP contribution in [0.25, 0.3) is 0 Å². The summed E-state index contributed by atoms with van der Waals surface area (Å²) in [5, 5.41) is 6.65. The number of hydrogen-bond donors (Lipinski definition) is 2. The van der Waals surface area contributed by atoms with Crippen LogP contribution in [0, 0.1) is 0 Å². The molecule has 2 aromatic carbocycles. The summed E-state index contributed by atoms with van der Waals surface area (Å²) in [7, 11) is 5.13. The highest BCUT2D eigenvalue weighted by molar-refractivity contribution is 14.0. The number of aliphatic imine (C=N–C) groups is 1. The van der Waals surface area contributed by atoms with Crippen LogP contribution in [0.2, 0.25) is 0 Å². The largest absolute Gasteiger partial charge is 0.496 e. The fraction of sp³-hybridized carbons (Fsp3) is 0.381. The lowest BCUT2D eigenvalue weighted by atomic mass is 10.1. The number of nitrogens with one attached hydrogen (secondary N) is 2. The van der Waals surface area contributed by atoms with E-state index in [4.69, 9.17) is 14.2 Å². The summed E-state index contributed by atoms with van der Waals surface area (Å²) < 4.78 is 15.9. The quantitative estimate of drug-likeness (QED) is 0.228. The SMILES string of the molecule is CN=C(NCCc1ccccc1OC)NCc1ccc(OCCOC)cc1.I. The van der Waals surface area contributed by atoms with Gasteiger partial charge in [0.15, 0.2) is 5.96 Å². The van der Waals surface area contributed by atoms with Crippen LogP contribution < -0.4 is 20.1 Å². The van der Waals surface area contributed by atoms with E-state index in [1.54, 1.807) is 21.3 Å². The van der Waals surface area contributed by atoms with Gasteiger partial charge in [0.05, 0.1) is 13.7 Å². The highest BCUT2D eigenvalue weighted by Crippen LogP contribution is 2.17. The summed E-state index contributed by atoms with van der Waals surface area (Å²) in [6, 6.07) is 16.1. The summed E-state index contributed by atoms with van der Waals surface area (Å²) in [4.78, 5) is 4.27. The third-order valence-corrected chi connectivity index (χ3v) is 4.04. The first-order chi connectivity index (χ1) is 13.3. The van der Waals surface area contributed by atoms with Crippen LogP contribution in [-0.4, -0.2) is 47.0 Å². The summed E-state index contributed by atoms with van der Waals surface area (Å²) in [6.07, 6.45) is 0.859. The minimum absolute atomic E-state index is 0. The van der Waals surface area contributed by atoms with Crippen LogP contribution in [0.3, 0.4) is 0 Å². The van der Waals surface area contributed by atoms with Crippen molar-refractivity contribution in [2.75, 3.05) is 41.0 Å². The molecule has 2 rings (SSSR count). The molecule has 0 aliphatic heterocycles. The maximum absolute atomic E-state index is 5.57. The van der Waals surface area contributed by atoms with Gasteiger partial charge in [-0.2, -0.15) is 0 Å². The molecule has 0 heterocycles. The van der Waals surface area contributed by atoms with Crippen molar-refractivity contribution < 1.29 is 14.2 Å². The van der Waals surface area contributed by atoms with Gasteiger partial charge in [0.1, 0.15) is 18.1 Å². The molecular weight excluding hydrogens is 469 g/mol. The van der Waals surface area contributed by atoms with Gasteiger partial charge < -0.3 is 24.8 Å². The minimum atomic E-state index is 0. The zero-order valence-electron chi connectivity index (χ0n) is 16.7. The van der Waals surface area contributed by atoms with Crippen LogP contribution in [0.5, 0.6) is 11.5 Å². The smallest absolute Gasteiger partial charge is 0.191 e. The number of methoxy groups -OCH3 is 2. The zero-order valence-corrected chi connectivity index (χ0v) is 19.1. The molecule has 0 bridgehead atoms. The van der Waals surface area contributed by atoms with Gasteiger partial charge in [0.25, 0.3) is 0 Å². The number of nitrogens with zero attached hydrogens (tertiary/aromatic N) is 1. The number of benzene rings is 2. The van der Waals surface area contributed by atoms with Crippen molar-refractivity contribution in [2.24, 2.45) is 4.99 Å². The first-order valence-corrected chi connectivity index (χ1v) is 9.04. The van der Waals surface area contributed by atoms with Gasteiger partial charge in [0, 0.05) is 27.2 Å². The predicted molar refractivity (Wildman–Crippen MR) is 124 cm³/mol. The second-order valence-corrected chi connectivity index (χ2v) is 5.90. The monoisotopic (exact) mass is 499 g/mol. The van der Waals surface area contributed by atoms with Crippen LogP contribution in [-0.2, 0) is 17.7 Å². The Morgan fingerprint density at radius 2 is 1.71 bits per heavy atom. The Labute approximate surface area is 184 Å². The lowest BCUT2D eigenvalue weighted by Gasteiger charge is -2.13. The van der Waals surface area contributed by atoms with E-state index in [0.29, 0.717) is 19.8 Å². The van der Waals surface area contributed by atoms with E-state index < -0.39 is 0 Å². The summed E-state index contributed by atoms with van der Waals surface area (Å²) in [6.45, 7) is 2.59. The molecule has 2 aromatic rings. The first kappa shape index (κ1) is 24.0. The number of guanidine groups is 1. The number of rotatable bonds is 10. The Hall–Kier alpha value is -2.00. The molecule has 0 saturated carbocycles. The Bertz CT molecular complexity index is 708. The van der Waals surface area contributed by atoms with Crippen LogP contribution in [0.4, 0.5) is 0 Å². The topological polar surface area (TPSA) is 64.1 Å². The number of halogens is 1. The third-order valence-electron chi connectivity index (χ3n) is 4.04. The van der Waals surface area contributed by atoms with Crippen molar-refractivity contribution in [3.63, 3.8) is 0 Å². The molecule has 0 radical (unpaired) electrons. The molecule has 0 aliphatic carbocycles. The maximum atomic E-state index is 5.57. The molecule has 0 fully saturated rings. The van der Waals surface area contributed by atoms with Crippen LogP contribution in [0.1, 0.15) is 11.1 Å². The second kappa shape index (κ2) is 14.1. The average Bonchev–Trinajstić information content (AvgIpc) is 2.72. The molecule has 154 valence electrons. The normalized spacial score (nSPS) is 10.8. The molecule has 0 amide bonds. The summed E-state index contributed by atoms with van der Waals surface area (Å²) >= 11 is 0. The molecule has 0 saturated heterocycles. The maximum Gasteiger partial charge on any atom is 0.191 e. The van der Waals surface area contributed by atoms with E-state index in [-0.39, 0.29) is 24.0 Å². The highest BCUT2D eigenvalue weighted by Gasteiger charge is 2.03. The van der Waals surface area contributed by atoms with E-state index in [1.807, 2.05) is 42.5 Å². The van der Waals surface area contributed by atoms with Crippen molar-refractivity contribution in [3.05, 3.63) is 59.7 Å². The molecule has 7 heteroatoms. The Morgan fingerprint density at radius 3 is 2.39 bits per heavy atom. The van der Waals surface area contributed by atoms with Gasteiger partial charge in [-0.25, -0.2) is 0 Å². The molecule has 0 aliphatic rings. The van der Waals surface area contributed by atoms with Crippen molar-refractivity contribution >= 4 is 29.9 Å². The number of hydrogen-bond acceptors (Lipinski definition) is 4. The Kier molecular flexibility index (Phi) is 12.1. The van der Waals surface area contributed by atoms with Gasteiger partial charge in [-0.3, -0.25) is 4.99 Å². The van der Waals surface area contributed by atoms with Crippen molar-refractivity contribution in [1.29, 1.82) is 0 Å². The van der Waals surface area contributed by atoms with E-state index in [2.05, 4.69) is 21.7 Å². The fourth-order valence-electron chi connectivity index (χ4n) is 2.58. The molecule has 0 aromatic heterocycles. The predicted octanol–water partition coefficient (Wildman–Crippen LogP) is 3.25. The molecule has 2 N–H and O–H groups in total. The second-order valence-electron chi connectivity index (χ2n) is 5.90. The van der Waals surface area contributed by atoms with E-state index in [9.17, 15) is 0 Å².